The summed E-state index contributed by atoms with van der Waals surface area (Å²) in [7, 11) is 6.35. The van der Waals surface area contributed by atoms with Gasteiger partial charge in [-0.25, -0.2) is 0 Å². The van der Waals surface area contributed by atoms with E-state index in [2.05, 4.69) is 74.4 Å². The molecule has 0 aliphatic rings. The number of nitrogens with zero attached hydrogens (tertiary/aromatic N) is 2. The van der Waals surface area contributed by atoms with Gasteiger partial charge in [-0.1, -0.05) is 38.1 Å². The average molecular weight is 291 g/mol. The molecule has 0 radical (unpaired) electrons. The van der Waals surface area contributed by atoms with E-state index in [1.165, 1.54) is 24.1 Å². The molecule has 0 saturated carbocycles. The van der Waals surface area contributed by atoms with Crippen molar-refractivity contribution in [3.8, 4) is 0 Å². The van der Waals surface area contributed by atoms with Crippen LogP contribution in [-0.4, -0.2) is 57.1 Å². The second kappa shape index (κ2) is 9.93. The Morgan fingerprint density at radius 2 is 1.67 bits per heavy atom. The molecule has 0 spiro atoms. The van der Waals surface area contributed by atoms with Crippen LogP contribution in [0.5, 0.6) is 0 Å². The van der Waals surface area contributed by atoms with Gasteiger partial charge >= 0.3 is 0 Å². The fourth-order valence-corrected chi connectivity index (χ4v) is 2.56. The quantitative estimate of drug-likeness (QED) is 0.715. The first-order chi connectivity index (χ1) is 10.1. The first-order valence-corrected chi connectivity index (χ1v) is 8.23. The molecular weight excluding hydrogens is 258 g/mol. The van der Waals surface area contributed by atoms with Gasteiger partial charge in [-0.3, -0.25) is 0 Å². The molecule has 1 aromatic rings. The maximum Gasteiger partial charge on any atom is 0.0446 e. The van der Waals surface area contributed by atoms with Gasteiger partial charge in [0.05, 0.1) is 0 Å². The lowest BCUT2D eigenvalue weighted by molar-refractivity contribution is 0.221. The van der Waals surface area contributed by atoms with Crippen molar-refractivity contribution in [3.63, 3.8) is 0 Å². The molecule has 0 aliphatic carbocycles. The molecule has 1 rings (SSSR count). The molecule has 21 heavy (non-hydrogen) atoms. The topological polar surface area (TPSA) is 18.5 Å². The highest BCUT2D eigenvalue weighted by atomic mass is 15.2. The Bertz CT molecular complexity index is 373. The fraction of sp³-hybridized carbons (Fsp3) is 0.667. The number of likely N-dealkylation sites (N-methyl/N-ethyl adjacent to an activating group) is 2. The van der Waals surface area contributed by atoms with E-state index in [-0.39, 0.29) is 0 Å². The zero-order valence-corrected chi connectivity index (χ0v) is 14.5. The zero-order chi connectivity index (χ0) is 15.7. The molecule has 120 valence electrons. The van der Waals surface area contributed by atoms with Crippen molar-refractivity contribution in [2.75, 3.05) is 47.3 Å². The third-order valence-corrected chi connectivity index (χ3v) is 3.98. The standard InChI is InChI=1S/C18H33N3/c1-6-12-21(14-13-20(4)5)15-18(19-3)17-10-8-16(7-2)9-11-17/h8-11,18-19H,6-7,12-15H2,1-5H3. The summed E-state index contributed by atoms with van der Waals surface area (Å²) in [4.78, 5) is 4.82. The first-order valence-electron chi connectivity index (χ1n) is 8.23. The third kappa shape index (κ3) is 6.60. The minimum atomic E-state index is 0.407. The summed E-state index contributed by atoms with van der Waals surface area (Å²) >= 11 is 0. The van der Waals surface area contributed by atoms with E-state index in [1.54, 1.807) is 0 Å². The van der Waals surface area contributed by atoms with Crippen molar-refractivity contribution in [1.82, 2.24) is 15.1 Å². The maximum atomic E-state index is 3.48. The Labute approximate surface area is 131 Å². The van der Waals surface area contributed by atoms with Crippen LogP contribution in [0.1, 0.15) is 37.4 Å². The van der Waals surface area contributed by atoms with Gasteiger partial charge in [-0.15, -0.1) is 0 Å². The Hall–Kier alpha value is -0.900. The van der Waals surface area contributed by atoms with E-state index in [1.807, 2.05) is 0 Å². The van der Waals surface area contributed by atoms with Crippen LogP contribution in [0.3, 0.4) is 0 Å². The Morgan fingerprint density at radius 1 is 1.00 bits per heavy atom. The number of aryl methyl sites for hydroxylation is 1. The molecule has 1 unspecified atom stereocenters. The zero-order valence-electron chi connectivity index (χ0n) is 14.5. The molecule has 0 fully saturated rings. The molecule has 1 N–H and O–H groups in total. The van der Waals surface area contributed by atoms with Gasteiger partial charge in [-0.05, 0) is 51.7 Å². The Balaban J connectivity index is 2.67. The first kappa shape index (κ1) is 18.1. The lowest BCUT2D eigenvalue weighted by atomic mass is 10.0. The summed E-state index contributed by atoms with van der Waals surface area (Å²) in [5, 5.41) is 3.48. The largest absolute Gasteiger partial charge is 0.312 e. The molecule has 1 aromatic carbocycles. The number of hydrogen-bond acceptors (Lipinski definition) is 3. The Morgan fingerprint density at radius 3 is 2.14 bits per heavy atom. The van der Waals surface area contributed by atoms with Gasteiger partial charge in [0.25, 0.3) is 0 Å². The average Bonchev–Trinajstić information content (AvgIpc) is 2.50. The van der Waals surface area contributed by atoms with Crippen molar-refractivity contribution < 1.29 is 0 Å². The molecule has 3 nitrogen and oxygen atoms in total. The predicted molar refractivity (Wildman–Crippen MR) is 92.9 cm³/mol. The van der Waals surface area contributed by atoms with Gasteiger partial charge in [0, 0.05) is 25.7 Å². The molecule has 0 aliphatic heterocycles. The maximum absolute atomic E-state index is 3.48. The predicted octanol–water partition coefficient (Wildman–Crippen LogP) is 2.78. The highest BCUT2D eigenvalue weighted by molar-refractivity contribution is 5.25. The molecular formula is C18H33N3. The number of nitrogens with one attached hydrogen (secondary N) is 1. The van der Waals surface area contributed by atoms with Gasteiger partial charge in [-0.2, -0.15) is 0 Å². The monoisotopic (exact) mass is 291 g/mol. The molecule has 0 saturated heterocycles. The van der Waals surface area contributed by atoms with Gasteiger partial charge < -0.3 is 15.1 Å². The third-order valence-electron chi connectivity index (χ3n) is 3.98. The Kier molecular flexibility index (Phi) is 8.58. The second-order valence-electron chi connectivity index (χ2n) is 6.04. The van der Waals surface area contributed by atoms with Crippen molar-refractivity contribution in [2.45, 2.75) is 32.7 Å². The molecule has 0 aromatic heterocycles. The normalized spacial score (nSPS) is 13.1. The lowest BCUT2D eigenvalue weighted by Gasteiger charge is -2.28. The van der Waals surface area contributed by atoms with Crippen LogP contribution in [0.4, 0.5) is 0 Å². The van der Waals surface area contributed by atoms with Gasteiger partial charge in [0.1, 0.15) is 0 Å². The van der Waals surface area contributed by atoms with E-state index < -0.39 is 0 Å². The van der Waals surface area contributed by atoms with Crippen LogP contribution in [0, 0.1) is 0 Å². The van der Waals surface area contributed by atoms with Crippen molar-refractivity contribution in [1.29, 1.82) is 0 Å². The SMILES string of the molecule is CCCN(CCN(C)C)CC(NC)c1ccc(CC)cc1. The molecule has 1 atom stereocenters. The summed E-state index contributed by atoms with van der Waals surface area (Å²) in [6.45, 7) is 8.95. The second-order valence-corrected chi connectivity index (χ2v) is 6.04. The highest BCUT2D eigenvalue weighted by Crippen LogP contribution is 2.16. The summed E-state index contributed by atoms with van der Waals surface area (Å²) < 4.78 is 0. The van der Waals surface area contributed by atoms with Crippen LogP contribution in [0.15, 0.2) is 24.3 Å². The van der Waals surface area contributed by atoms with E-state index in [4.69, 9.17) is 0 Å². The number of rotatable bonds is 10. The van der Waals surface area contributed by atoms with E-state index in [0.29, 0.717) is 6.04 Å². The summed E-state index contributed by atoms with van der Waals surface area (Å²) in [6.07, 6.45) is 2.31. The minimum Gasteiger partial charge on any atom is -0.312 e. The van der Waals surface area contributed by atoms with Crippen LogP contribution >= 0.6 is 0 Å². The van der Waals surface area contributed by atoms with Crippen LogP contribution in [0.2, 0.25) is 0 Å². The van der Waals surface area contributed by atoms with E-state index in [9.17, 15) is 0 Å². The number of hydrogen-bond donors (Lipinski definition) is 1. The van der Waals surface area contributed by atoms with E-state index in [0.717, 1.165) is 26.1 Å². The fourth-order valence-electron chi connectivity index (χ4n) is 2.56. The molecule has 3 heteroatoms. The van der Waals surface area contributed by atoms with Crippen molar-refractivity contribution >= 4 is 0 Å². The minimum absolute atomic E-state index is 0.407. The number of benzene rings is 1. The van der Waals surface area contributed by atoms with Crippen LogP contribution in [0.25, 0.3) is 0 Å². The van der Waals surface area contributed by atoms with Crippen molar-refractivity contribution in [2.24, 2.45) is 0 Å². The highest BCUT2D eigenvalue weighted by Gasteiger charge is 2.14. The van der Waals surface area contributed by atoms with Crippen LogP contribution in [-0.2, 0) is 6.42 Å². The van der Waals surface area contributed by atoms with Crippen LogP contribution < -0.4 is 5.32 Å². The summed E-state index contributed by atoms with van der Waals surface area (Å²) in [6, 6.07) is 9.46. The smallest absolute Gasteiger partial charge is 0.0446 e. The summed E-state index contributed by atoms with van der Waals surface area (Å²) in [5.74, 6) is 0. The van der Waals surface area contributed by atoms with Crippen molar-refractivity contribution in [3.05, 3.63) is 35.4 Å². The molecule has 0 amide bonds. The van der Waals surface area contributed by atoms with Gasteiger partial charge in [0.15, 0.2) is 0 Å². The summed E-state index contributed by atoms with van der Waals surface area (Å²) in [5.41, 5.74) is 2.80. The van der Waals surface area contributed by atoms with E-state index >= 15 is 0 Å². The molecule has 0 heterocycles. The lowest BCUT2D eigenvalue weighted by Crippen LogP contribution is -2.38. The van der Waals surface area contributed by atoms with Gasteiger partial charge in [0.2, 0.25) is 0 Å². The molecule has 0 bridgehead atoms.